The van der Waals surface area contributed by atoms with Crippen molar-refractivity contribution in [3.05, 3.63) is 35.7 Å². The van der Waals surface area contributed by atoms with Crippen molar-refractivity contribution in [2.75, 3.05) is 7.11 Å². The molecule has 0 bridgehead atoms. The molecule has 0 aliphatic heterocycles. The van der Waals surface area contributed by atoms with Crippen LogP contribution in [0.3, 0.4) is 0 Å². The molecule has 1 rings (SSSR count). The van der Waals surface area contributed by atoms with Gasteiger partial charge in [0, 0.05) is 5.56 Å². The highest BCUT2D eigenvalue weighted by Crippen LogP contribution is 2.24. The van der Waals surface area contributed by atoms with E-state index in [0.29, 0.717) is 0 Å². The van der Waals surface area contributed by atoms with Crippen molar-refractivity contribution < 1.29 is 19.0 Å². The molecule has 1 aromatic rings. The molecule has 0 amide bonds. The van der Waals surface area contributed by atoms with Gasteiger partial charge in [0.2, 0.25) is 0 Å². The lowest BCUT2D eigenvalue weighted by Gasteiger charge is -2.04. The molecule has 3 nitrogen and oxygen atoms in total. The third-order valence-electron chi connectivity index (χ3n) is 1.73. The number of phenols is 1. The minimum Gasteiger partial charge on any atom is -0.504 e. The molecule has 0 heterocycles. The second-order valence-corrected chi connectivity index (χ2v) is 2.59. The highest BCUT2D eigenvalue weighted by Gasteiger charge is 2.12. The molecule has 0 saturated heterocycles. The first kappa shape index (κ1) is 10.2. The predicted molar refractivity (Wildman–Crippen MR) is 49.5 cm³/mol. The first-order valence-electron chi connectivity index (χ1n) is 3.83. The first-order chi connectivity index (χ1) is 6.60. The number of rotatable bonds is 2. The largest absolute Gasteiger partial charge is 0.504 e. The van der Waals surface area contributed by atoms with Gasteiger partial charge in [-0.15, -0.1) is 0 Å². The monoisotopic (exact) mass is 196 g/mol. The highest BCUT2D eigenvalue weighted by molar-refractivity contribution is 5.90. The number of carbonyl (C=O) groups excluding carboxylic acids is 1. The van der Waals surface area contributed by atoms with Crippen LogP contribution in [-0.2, 0) is 4.74 Å². The fourth-order valence-corrected chi connectivity index (χ4v) is 1.01. The van der Waals surface area contributed by atoms with Crippen LogP contribution in [0.5, 0.6) is 5.75 Å². The Kier molecular flexibility index (Phi) is 2.86. The van der Waals surface area contributed by atoms with E-state index in [1.165, 1.54) is 19.3 Å². The van der Waals surface area contributed by atoms with Crippen LogP contribution in [-0.4, -0.2) is 18.2 Å². The Labute approximate surface area is 80.4 Å². The van der Waals surface area contributed by atoms with Gasteiger partial charge in [0.25, 0.3) is 0 Å². The van der Waals surface area contributed by atoms with E-state index >= 15 is 0 Å². The molecular formula is C10H9FO3. The zero-order chi connectivity index (χ0) is 10.7. The van der Waals surface area contributed by atoms with E-state index in [9.17, 15) is 14.3 Å². The Morgan fingerprint density at radius 1 is 1.64 bits per heavy atom. The third-order valence-corrected chi connectivity index (χ3v) is 1.73. The average Bonchev–Trinajstić information content (AvgIpc) is 2.20. The zero-order valence-electron chi connectivity index (χ0n) is 7.58. The molecular weight excluding hydrogens is 187 g/mol. The molecule has 0 aromatic heterocycles. The summed E-state index contributed by atoms with van der Waals surface area (Å²) in [6, 6.07) is 2.21. The number of hydrogen-bond acceptors (Lipinski definition) is 3. The minimum atomic E-state index is -0.872. The summed E-state index contributed by atoms with van der Waals surface area (Å²) in [5.74, 6) is -2.05. The van der Waals surface area contributed by atoms with Crippen LogP contribution < -0.4 is 0 Å². The molecule has 0 atom stereocenters. The molecule has 1 aromatic carbocycles. The average molecular weight is 196 g/mol. The molecule has 0 aliphatic carbocycles. The molecule has 0 unspecified atom stereocenters. The zero-order valence-corrected chi connectivity index (χ0v) is 7.58. The Morgan fingerprint density at radius 3 is 2.79 bits per heavy atom. The number of benzene rings is 1. The number of halogens is 1. The van der Waals surface area contributed by atoms with Crippen molar-refractivity contribution in [2.45, 2.75) is 0 Å². The van der Waals surface area contributed by atoms with Crippen molar-refractivity contribution in [3.63, 3.8) is 0 Å². The van der Waals surface area contributed by atoms with Crippen LogP contribution in [0.25, 0.3) is 6.08 Å². The SMILES string of the molecule is C=Cc1cc(C(=O)OC)cc(F)c1O. The quantitative estimate of drug-likeness (QED) is 0.735. The van der Waals surface area contributed by atoms with Crippen LogP contribution in [0.4, 0.5) is 4.39 Å². The van der Waals surface area contributed by atoms with Crippen molar-refractivity contribution in [2.24, 2.45) is 0 Å². The van der Waals surface area contributed by atoms with E-state index in [1.54, 1.807) is 0 Å². The predicted octanol–water partition coefficient (Wildman–Crippen LogP) is 1.96. The lowest BCUT2D eigenvalue weighted by molar-refractivity contribution is 0.0600. The Bertz CT molecular complexity index is 385. The van der Waals surface area contributed by atoms with Crippen molar-refractivity contribution in [1.82, 2.24) is 0 Å². The van der Waals surface area contributed by atoms with Gasteiger partial charge in [0.1, 0.15) is 0 Å². The lowest BCUT2D eigenvalue weighted by atomic mass is 10.1. The third kappa shape index (κ3) is 1.74. The molecule has 4 heteroatoms. The summed E-state index contributed by atoms with van der Waals surface area (Å²) in [6.07, 6.45) is 1.25. The molecule has 0 saturated carbocycles. The summed E-state index contributed by atoms with van der Waals surface area (Å²) in [5, 5.41) is 9.18. The smallest absolute Gasteiger partial charge is 0.337 e. The molecule has 0 spiro atoms. The maximum Gasteiger partial charge on any atom is 0.337 e. The second-order valence-electron chi connectivity index (χ2n) is 2.59. The number of phenolic OH excluding ortho intramolecular Hbond substituents is 1. The number of aromatic hydroxyl groups is 1. The van der Waals surface area contributed by atoms with E-state index in [0.717, 1.165) is 6.07 Å². The summed E-state index contributed by atoms with van der Waals surface area (Å²) in [7, 11) is 1.20. The maximum absolute atomic E-state index is 13.0. The molecule has 0 aliphatic rings. The topological polar surface area (TPSA) is 46.5 Å². The van der Waals surface area contributed by atoms with Gasteiger partial charge in [0.05, 0.1) is 12.7 Å². The van der Waals surface area contributed by atoms with Crippen molar-refractivity contribution >= 4 is 12.0 Å². The maximum atomic E-state index is 13.0. The first-order valence-corrected chi connectivity index (χ1v) is 3.83. The summed E-state index contributed by atoms with van der Waals surface area (Å²) in [4.78, 5) is 11.0. The summed E-state index contributed by atoms with van der Waals surface area (Å²) in [6.45, 7) is 3.38. The summed E-state index contributed by atoms with van der Waals surface area (Å²) < 4.78 is 17.4. The number of hydrogen-bond donors (Lipinski definition) is 1. The standard InChI is InChI=1S/C10H9FO3/c1-3-6-4-7(10(13)14-2)5-8(11)9(6)12/h3-5,12H,1H2,2H3. The highest BCUT2D eigenvalue weighted by atomic mass is 19.1. The van der Waals surface area contributed by atoms with Crippen LogP contribution >= 0.6 is 0 Å². The molecule has 0 fully saturated rings. The second kappa shape index (κ2) is 3.91. The lowest BCUT2D eigenvalue weighted by Crippen LogP contribution is -2.02. The molecule has 0 radical (unpaired) electrons. The molecule has 14 heavy (non-hydrogen) atoms. The number of ether oxygens (including phenoxy) is 1. The minimum absolute atomic E-state index is 0.0395. The van der Waals surface area contributed by atoms with Crippen molar-refractivity contribution in [3.8, 4) is 5.75 Å². The van der Waals surface area contributed by atoms with Crippen LogP contribution in [0.15, 0.2) is 18.7 Å². The molecule has 74 valence electrons. The van der Waals surface area contributed by atoms with Gasteiger partial charge in [-0.05, 0) is 12.1 Å². The Hall–Kier alpha value is -1.84. The van der Waals surface area contributed by atoms with E-state index < -0.39 is 17.5 Å². The van der Waals surface area contributed by atoms with Gasteiger partial charge in [-0.1, -0.05) is 12.7 Å². The molecule has 1 N–H and O–H groups in total. The van der Waals surface area contributed by atoms with E-state index in [4.69, 9.17) is 0 Å². The van der Waals surface area contributed by atoms with E-state index in [1.807, 2.05) is 0 Å². The summed E-state index contributed by atoms with van der Waals surface area (Å²) >= 11 is 0. The van der Waals surface area contributed by atoms with Crippen molar-refractivity contribution in [1.29, 1.82) is 0 Å². The Morgan fingerprint density at radius 2 is 2.29 bits per heavy atom. The fourth-order valence-electron chi connectivity index (χ4n) is 1.01. The van der Waals surface area contributed by atoms with Gasteiger partial charge >= 0.3 is 5.97 Å². The van der Waals surface area contributed by atoms with Gasteiger partial charge in [0.15, 0.2) is 11.6 Å². The van der Waals surface area contributed by atoms with Crippen LogP contribution in [0.1, 0.15) is 15.9 Å². The van der Waals surface area contributed by atoms with Gasteiger partial charge < -0.3 is 9.84 Å². The number of carbonyl (C=O) groups is 1. The fraction of sp³-hybridized carbons (Fsp3) is 0.100. The number of methoxy groups -OCH3 is 1. The van der Waals surface area contributed by atoms with Gasteiger partial charge in [-0.3, -0.25) is 0 Å². The van der Waals surface area contributed by atoms with Gasteiger partial charge in [-0.2, -0.15) is 0 Å². The summed E-state index contributed by atoms with van der Waals surface area (Å²) in [5.41, 5.74) is 0.197. The van der Waals surface area contributed by atoms with Crippen LogP contribution in [0, 0.1) is 5.82 Å². The van der Waals surface area contributed by atoms with E-state index in [-0.39, 0.29) is 11.1 Å². The van der Waals surface area contributed by atoms with Crippen LogP contribution in [0.2, 0.25) is 0 Å². The van der Waals surface area contributed by atoms with Gasteiger partial charge in [-0.25, -0.2) is 9.18 Å². The van der Waals surface area contributed by atoms with E-state index in [2.05, 4.69) is 11.3 Å². The Balaban J connectivity index is 3.29. The number of esters is 1. The normalized spacial score (nSPS) is 9.57.